The van der Waals surface area contributed by atoms with Gasteiger partial charge in [0.25, 0.3) is 0 Å². The lowest BCUT2D eigenvalue weighted by Crippen LogP contribution is -2.04. The van der Waals surface area contributed by atoms with Gasteiger partial charge in [-0.25, -0.2) is 24.6 Å². The van der Waals surface area contributed by atoms with Gasteiger partial charge in [-0.3, -0.25) is 0 Å². The van der Waals surface area contributed by atoms with Gasteiger partial charge in [0.05, 0.1) is 69.9 Å². The van der Waals surface area contributed by atoms with E-state index in [1.54, 1.807) is 0 Å². The maximum atomic E-state index is 10.3. The number of rotatable bonds is 10. The largest absolute Gasteiger partial charge is 0.309 e. The standard InChI is InChI=1S/C79H45N9/c1-82-69-30-16-13-27-61(69)54-35-40-73-66(45-54)64-43-52(59-25-11-9-23-57(59)48-80)33-38-72(64)87(73)71-32-18-15-29-63(71)56-37-42-76(68(47-56)79-85-77(50-19-5-3-6-20-50)84-78(86-79)51-21-7-4-8-22-51)88-74-39-34-53(60-26-12-10-24-58(60)49-81)44-65(74)67-46-55(36-41-75(67)88)62-28-14-17-31-70(62)83-2/h3-47H. The highest BCUT2D eigenvalue weighted by atomic mass is 15.1. The molecule has 0 bridgehead atoms. The van der Waals surface area contributed by atoms with Crippen LogP contribution >= 0.6 is 0 Å². The SMILES string of the molecule is [C-]#[N+]c1ccccc1-c1ccc2c(c1)c1cc(-c3ccccc3C#N)ccc1n2-c1ccccc1-c1ccc(-n2c3ccc(-c4ccccc4C#N)cc3c3cc(-c4ccccc4[N+]#[C-])ccc32)c(-c2nc(-c3ccccc3)nc(-c3ccccc3)n2)c1. The van der Waals surface area contributed by atoms with Crippen LogP contribution in [-0.4, -0.2) is 24.1 Å². The molecule has 0 aliphatic heterocycles. The van der Waals surface area contributed by atoms with Crippen LogP contribution in [0.2, 0.25) is 0 Å². The maximum absolute atomic E-state index is 10.3. The molecule has 12 aromatic carbocycles. The molecule has 0 unspecified atom stereocenters. The van der Waals surface area contributed by atoms with Gasteiger partial charge in [-0.1, -0.05) is 194 Å². The van der Waals surface area contributed by atoms with Crippen LogP contribution in [0.3, 0.4) is 0 Å². The Labute approximate surface area is 507 Å². The summed E-state index contributed by atoms with van der Waals surface area (Å²) in [4.78, 5) is 23.8. The molecule has 0 spiro atoms. The Morgan fingerprint density at radius 2 is 0.614 bits per heavy atom. The van der Waals surface area contributed by atoms with E-state index in [-0.39, 0.29) is 0 Å². The third kappa shape index (κ3) is 8.89. The van der Waals surface area contributed by atoms with E-state index in [4.69, 9.17) is 28.1 Å². The molecule has 0 amide bonds. The van der Waals surface area contributed by atoms with Crippen molar-refractivity contribution in [1.29, 1.82) is 10.5 Å². The second-order valence-corrected chi connectivity index (χ2v) is 21.5. The second-order valence-electron chi connectivity index (χ2n) is 21.5. The predicted molar refractivity (Wildman–Crippen MR) is 354 cm³/mol. The minimum atomic E-state index is 0.466. The Morgan fingerprint density at radius 1 is 0.284 bits per heavy atom. The number of fused-ring (bicyclic) bond motifs is 6. The molecule has 0 radical (unpaired) electrons. The van der Waals surface area contributed by atoms with E-state index in [0.29, 0.717) is 40.0 Å². The molecule has 0 saturated carbocycles. The summed E-state index contributed by atoms with van der Waals surface area (Å²) in [6.45, 7) is 16.2. The van der Waals surface area contributed by atoms with Gasteiger partial charge >= 0.3 is 0 Å². The van der Waals surface area contributed by atoms with Gasteiger partial charge in [0, 0.05) is 43.8 Å². The highest BCUT2D eigenvalue weighted by Crippen LogP contribution is 2.45. The van der Waals surface area contributed by atoms with Gasteiger partial charge in [-0.05, 0) is 129 Å². The highest BCUT2D eigenvalue weighted by molar-refractivity contribution is 6.14. The summed E-state index contributed by atoms with van der Waals surface area (Å²) >= 11 is 0. The molecule has 3 heterocycles. The van der Waals surface area contributed by atoms with Crippen LogP contribution in [0.4, 0.5) is 11.4 Å². The zero-order valence-corrected chi connectivity index (χ0v) is 47.0. The smallest absolute Gasteiger partial charge is 0.194 e. The number of benzene rings is 12. The minimum Gasteiger partial charge on any atom is -0.309 e. The van der Waals surface area contributed by atoms with Crippen molar-refractivity contribution in [2.24, 2.45) is 0 Å². The Bertz CT molecular complexity index is 5230. The minimum absolute atomic E-state index is 0.466. The summed E-state index contributed by atoms with van der Waals surface area (Å²) in [5, 5.41) is 24.5. The molecule has 9 heteroatoms. The van der Waals surface area contributed by atoms with Crippen LogP contribution in [0.5, 0.6) is 0 Å². The Morgan fingerprint density at radius 3 is 1.05 bits per heavy atom. The van der Waals surface area contributed by atoms with Crippen molar-refractivity contribution < 1.29 is 0 Å². The monoisotopic (exact) mass is 1120 g/mol. The molecular formula is C79H45N9. The quantitative estimate of drug-likeness (QED) is 0.127. The number of hydrogen-bond donors (Lipinski definition) is 0. The van der Waals surface area contributed by atoms with Gasteiger partial charge in [-0.2, -0.15) is 10.5 Å². The number of nitriles is 2. The molecule has 0 N–H and O–H groups in total. The Kier molecular flexibility index (Phi) is 12.9. The fourth-order valence-electron chi connectivity index (χ4n) is 12.5. The molecule has 3 aromatic heterocycles. The topological polar surface area (TPSA) is 105 Å². The number of para-hydroxylation sites is 3. The summed E-state index contributed by atoms with van der Waals surface area (Å²) in [6.07, 6.45) is 0. The zero-order chi connectivity index (χ0) is 59.2. The molecule has 15 rings (SSSR count). The molecule has 0 saturated heterocycles. The van der Waals surface area contributed by atoms with E-state index in [1.165, 1.54) is 0 Å². The van der Waals surface area contributed by atoms with E-state index >= 15 is 0 Å². The van der Waals surface area contributed by atoms with Crippen LogP contribution in [0.25, 0.3) is 154 Å². The van der Waals surface area contributed by atoms with Crippen LogP contribution in [0.15, 0.2) is 273 Å². The van der Waals surface area contributed by atoms with E-state index < -0.39 is 0 Å². The molecule has 15 aromatic rings. The van der Waals surface area contributed by atoms with Crippen molar-refractivity contribution in [2.75, 3.05) is 0 Å². The van der Waals surface area contributed by atoms with Crippen LogP contribution in [0.1, 0.15) is 11.1 Å². The van der Waals surface area contributed by atoms with Gasteiger partial charge in [-0.15, -0.1) is 0 Å². The fourth-order valence-corrected chi connectivity index (χ4v) is 12.5. The van der Waals surface area contributed by atoms with Crippen LogP contribution in [0, 0.1) is 35.8 Å². The van der Waals surface area contributed by atoms with Gasteiger partial charge in [0.2, 0.25) is 0 Å². The summed E-state index contributed by atoms with van der Waals surface area (Å²) in [6, 6.07) is 96.3. The van der Waals surface area contributed by atoms with Gasteiger partial charge < -0.3 is 9.13 Å². The van der Waals surface area contributed by atoms with Crippen molar-refractivity contribution in [1.82, 2.24) is 24.1 Å². The predicted octanol–water partition coefficient (Wildman–Crippen LogP) is 20.2. The summed E-state index contributed by atoms with van der Waals surface area (Å²) < 4.78 is 4.61. The van der Waals surface area contributed by atoms with Crippen molar-refractivity contribution in [3.05, 3.63) is 307 Å². The summed E-state index contributed by atoms with van der Waals surface area (Å²) in [5.41, 5.74) is 19.1. The average Bonchev–Trinajstić information content (AvgIpc) is 2.46. The maximum Gasteiger partial charge on any atom is 0.194 e. The van der Waals surface area contributed by atoms with E-state index in [1.807, 2.05) is 158 Å². The van der Waals surface area contributed by atoms with E-state index in [2.05, 4.69) is 146 Å². The molecule has 88 heavy (non-hydrogen) atoms. The first-order chi connectivity index (χ1) is 43.5. The lowest BCUT2D eigenvalue weighted by molar-refractivity contribution is 1.06. The Hall–Kier alpha value is -12.8. The van der Waals surface area contributed by atoms with Crippen molar-refractivity contribution in [3.63, 3.8) is 0 Å². The van der Waals surface area contributed by atoms with Crippen molar-refractivity contribution in [3.8, 4) is 113 Å². The fraction of sp³-hybridized carbons (Fsp3) is 0. The number of aromatic nitrogens is 5. The molecule has 9 nitrogen and oxygen atoms in total. The molecule has 0 fully saturated rings. The lowest BCUT2D eigenvalue weighted by atomic mass is 9.97. The molecule has 0 atom stereocenters. The first-order valence-electron chi connectivity index (χ1n) is 28.7. The zero-order valence-electron chi connectivity index (χ0n) is 47.0. The third-order valence-corrected chi connectivity index (χ3v) is 16.6. The van der Waals surface area contributed by atoms with E-state index in [9.17, 15) is 10.5 Å². The van der Waals surface area contributed by atoms with Gasteiger partial charge in [0.15, 0.2) is 28.8 Å². The van der Waals surface area contributed by atoms with Gasteiger partial charge in [0.1, 0.15) is 0 Å². The first kappa shape index (κ1) is 52.0. The first-order valence-corrected chi connectivity index (χ1v) is 28.7. The van der Waals surface area contributed by atoms with Crippen molar-refractivity contribution in [2.45, 2.75) is 0 Å². The van der Waals surface area contributed by atoms with Crippen molar-refractivity contribution >= 4 is 55.0 Å². The third-order valence-electron chi connectivity index (χ3n) is 16.6. The highest BCUT2D eigenvalue weighted by Gasteiger charge is 2.24. The molecular weight excluding hydrogens is 1070 g/mol. The number of nitrogens with zero attached hydrogens (tertiary/aromatic N) is 9. The van der Waals surface area contributed by atoms with Crippen LogP contribution in [-0.2, 0) is 0 Å². The van der Waals surface area contributed by atoms with E-state index in [0.717, 1.165) is 127 Å². The normalized spacial score (nSPS) is 11.1. The Balaban J connectivity index is 1.01. The summed E-state index contributed by atoms with van der Waals surface area (Å²) in [7, 11) is 0. The molecule has 0 aliphatic carbocycles. The molecule has 406 valence electrons. The number of hydrogen-bond acceptors (Lipinski definition) is 5. The second kappa shape index (κ2) is 21.8. The average molecular weight is 1120 g/mol. The van der Waals surface area contributed by atoms with Crippen LogP contribution < -0.4 is 0 Å². The lowest BCUT2D eigenvalue weighted by Gasteiger charge is -2.18. The summed E-state index contributed by atoms with van der Waals surface area (Å²) in [5.74, 6) is 1.51. The molecule has 0 aliphatic rings.